The number of rotatable bonds is 4. The van der Waals surface area contributed by atoms with E-state index in [0.29, 0.717) is 16.8 Å². The van der Waals surface area contributed by atoms with Crippen LogP contribution in [0.1, 0.15) is 24.2 Å². The first-order valence-corrected chi connectivity index (χ1v) is 10.2. The Kier molecular flexibility index (Phi) is 4.32. The van der Waals surface area contributed by atoms with E-state index in [1.165, 1.54) is 11.5 Å². The van der Waals surface area contributed by atoms with Crippen molar-refractivity contribution in [1.29, 1.82) is 0 Å². The molecule has 5 aromatic rings. The lowest BCUT2D eigenvalue weighted by Crippen LogP contribution is -2.21. The fraction of sp³-hybridized carbons (Fsp3) is 0.190. The number of nitrogens with zero attached hydrogens (tertiary/aromatic N) is 6. The van der Waals surface area contributed by atoms with Crippen LogP contribution in [0.2, 0.25) is 0 Å². The molecule has 1 aromatic carbocycles. The quantitative estimate of drug-likeness (QED) is 0.444. The van der Waals surface area contributed by atoms with E-state index < -0.39 is 0 Å². The van der Waals surface area contributed by atoms with Crippen molar-refractivity contribution in [3.63, 3.8) is 0 Å². The smallest absolute Gasteiger partial charge is 0.283 e. The zero-order valence-electron chi connectivity index (χ0n) is 16.6. The molecule has 0 aliphatic rings. The number of fused-ring (bicyclic) bond motifs is 2. The van der Waals surface area contributed by atoms with Crippen molar-refractivity contribution in [1.82, 2.24) is 28.9 Å². The fourth-order valence-electron chi connectivity index (χ4n) is 3.50. The van der Waals surface area contributed by atoms with Gasteiger partial charge in [0.15, 0.2) is 5.52 Å². The predicted octanol–water partition coefficient (Wildman–Crippen LogP) is 3.51. The van der Waals surface area contributed by atoms with E-state index >= 15 is 0 Å². The van der Waals surface area contributed by atoms with Crippen LogP contribution >= 0.6 is 11.5 Å². The highest BCUT2D eigenvalue weighted by atomic mass is 32.1. The van der Waals surface area contributed by atoms with Crippen molar-refractivity contribution in [2.75, 3.05) is 7.11 Å². The molecular weight excluding hydrogens is 400 g/mol. The lowest BCUT2D eigenvalue weighted by Gasteiger charge is -2.14. The van der Waals surface area contributed by atoms with Gasteiger partial charge in [0.2, 0.25) is 0 Å². The van der Waals surface area contributed by atoms with Crippen LogP contribution in [-0.4, -0.2) is 36.0 Å². The molecule has 0 radical (unpaired) electrons. The van der Waals surface area contributed by atoms with Gasteiger partial charge >= 0.3 is 0 Å². The van der Waals surface area contributed by atoms with Gasteiger partial charge in [0.05, 0.1) is 30.6 Å². The summed E-state index contributed by atoms with van der Waals surface area (Å²) in [7, 11) is 1.62. The SMILES string of the molecule is COc1cnc2ccc([C@@H](C)n3nnc4ccn(-c5cc(C)ns5)c(=O)c43)cc2c1. The Hall–Kier alpha value is -3.59. The Morgan fingerprint density at radius 3 is 2.77 bits per heavy atom. The molecule has 0 amide bonds. The summed E-state index contributed by atoms with van der Waals surface area (Å²) in [6.07, 6.45) is 3.41. The summed E-state index contributed by atoms with van der Waals surface area (Å²) >= 11 is 1.29. The molecule has 150 valence electrons. The van der Waals surface area contributed by atoms with Crippen molar-refractivity contribution >= 4 is 33.5 Å². The number of benzene rings is 1. The monoisotopic (exact) mass is 418 g/mol. The van der Waals surface area contributed by atoms with Gasteiger partial charge in [-0.25, -0.2) is 4.68 Å². The Bertz CT molecular complexity index is 1450. The topological polar surface area (TPSA) is 87.7 Å². The van der Waals surface area contributed by atoms with Gasteiger partial charge in [-0.2, -0.15) is 4.37 Å². The second kappa shape index (κ2) is 7.03. The summed E-state index contributed by atoms with van der Waals surface area (Å²) in [6, 6.07) is 11.4. The average molecular weight is 418 g/mol. The molecule has 0 fully saturated rings. The third-order valence-corrected chi connectivity index (χ3v) is 6.02. The molecule has 1 atom stereocenters. The zero-order valence-corrected chi connectivity index (χ0v) is 17.4. The van der Waals surface area contributed by atoms with Gasteiger partial charge in [0.25, 0.3) is 5.56 Å². The molecule has 4 aromatic heterocycles. The van der Waals surface area contributed by atoms with Crippen LogP contribution in [0.25, 0.3) is 26.9 Å². The van der Waals surface area contributed by atoms with Crippen LogP contribution in [0.3, 0.4) is 0 Å². The van der Waals surface area contributed by atoms with E-state index in [0.717, 1.165) is 27.2 Å². The number of hydrogen-bond acceptors (Lipinski definition) is 7. The van der Waals surface area contributed by atoms with Gasteiger partial charge in [0.1, 0.15) is 16.3 Å². The molecule has 0 bridgehead atoms. The summed E-state index contributed by atoms with van der Waals surface area (Å²) in [5.74, 6) is 0.696. The molecule has 4 heterocycles. The second-order valence-corrected chi connectivity index (χ2v) is 7.85. The standard InChI is InChI=1S/C21H18N6O2S/c1-12-8-19(30-24-12)26-7-6-18-20(21(26)28)27(25-23-18)13(2)14-4-5-17-15(9-14)10-16(29-3)11-22-17/h4-11,13H,1-3H3/t13-/m1/s1. The zero-order chi connectivity index (χ0) is 20.8. The molecular formula is C21H18N6O2S. The Morgan fingerprint density at radius 1 is 1.13 bits per heavy atom. The minimum Gasteiger partial charge on any atom is -0.495 e. The third kappa shape index (κ3) is 2.94. The Balaban J connectivity index is 1.64. The van der Waals surface area contributed by atoms with E-state index in [1.807, 2.05) is 44.2 Å². The highest BCUT2D eigenvalue weighted by Gasteiger charge is 2.18. The van der Waals surface area contributed by atoms with Crippen molar-refractivity contribution in [3.8, 4) is 10.8 Å². The Labute approximate surface area is 175 Å². The molecule has 30 heavy (non-hydrogen) atoms. The number of pyridine rings is 2. The van der Waals surface area contributed by atoms with Crippen molar-refractivity contribution < 1.29 is 4.74 Å². The van der Waals surface area contributed by atoms with E-state index in [9.17, 15) is 4.79 Å². The van der Waals surface area contributed by atoms with E-state index in [4.69, 9.17) is 4.74 Å². The van der Waals surface area contributed by atoms with Gasteiger partial charge in [-0.15, -0.1) is 5.10 Å². The summed E-state index contributed by atoms with van der Waals surface area (Å²) in [4.78, 5) is 17.7. The van der Waals surface area contributed by atoms with Crippen LogP contribution in [0.4, 0.5) is 0 Å². The molecule has 0 saturated carbocycles. The molecule has 5 rings (SSSR count). The van der Waals surface area contributed by atoms with Gasteiger partial charge in [0, 0.05) is 11.6 Å². The summed E-state index contributed by atoms with van der Waals surface area (Å²) < 4.78 is 12.8. The number of aryl methyl sites for hydroxylation is 1. The first-order chi connectivity index (χ1) is 14.5. The Morgan fingerprint density at radius 2 is 2.00 bits per heavy atom. The maximum Gasteiger partial charge on any atom is 0.283 e. The first kappa shape index (κ1) is 18.4. The molecule has 0 unspecified atom stereocenters. The molecule has 9 heteroatoms. The normalized spacial score (nSPS) is 12.5. The van der Waals surface area contributed by atoms with Crippen LogP contribution in [0.5, 0.6) is 5.75 Å². The summed E-state index contributed by atoms with van der Waals surface area (Å²) in [5.41, 5.74) is 3.60. The van der Waals surface area contributed by atoms with Crippen LogP contribution < -0.4 is 10.3 Å². The second-order valence-electron chi connectivity index (χ2n) is 7.07. The minimum atomic E-state index is -0.197. The van der Waals surface area contributed by atoms with Gasteiger partial charge in [-0.05, 0) is 61.3 Å². The predicted molar refractivity (Wildman–Crippen MR) is 116 cm³/mol. The number of aromatic nitrogens is 6. The van der Waals surface area contributed by atoms with E-state index in [-0.39, 0.29) is 11.6 Å². The van der Waals surface area contributed by atoms with E-state index in [2.05, 4.69) is 19.7 Å². The largest absolute Gasteiger partial charge is 0.495 e. The molecule has 0 saturated heterocycles. The first-order valence-electron chi connectivity index (χ1n) is 9.39. The van der Waals surface area contributed by atoms with Gasteiger partial charge in [-0.1, -0.05) is 11.3 Å². The molecule has 8 nitrogen and oxygen atoms in total. The molecule has 0 aliphatic heterocycles. The maximum absolute atomic E-state index is 13.3. The molecule has 0 spiro atoms. The number of ether oxygens (including phenoxy) is 1. The molecule has 0 aliphatic carbocycles. The number of hydrogen-bond donors (Lipinski definition) is 0. The van der Waals surface area contributed by atoms with E-state index in [1.54, 1.807) is 34.8 Å². The van der Waals surface area contributed by atoms with Crippen LogP contribution in [0.15, 0.2) is 53.6 Å². The van der Waals surface area contributed by atoms with Crippen molar-refractivity contribution in [2.45, 2.75) is 19.9 Å². The van der Waals surface area contributed by atoms with Crippen LogP contribution in [-0.2, 0) is 0 Å². The third-order valence-electron chi connectivity index (χ3n) is 5.14. The van der Waals surface area contributed by atoms with Gasteiger partial charge in [-0.3, -0.25) is 14.3 Å². The molecule has 0 N–H and O–H groups in total. The highest BCUT2D eigenvalue weighted by molar-refractivity contribution is 7.08. The summed E-state index contributed by atoms with van der Waals surface area (Å²) in [5, 5.41) is 10.2. The number of methoxy groups -OCH3 is 1. The minimum absolute atomic E-state index is 0.169. The lowest BCUT2D eigenvalue weighted by molar-refractivity contribution is 0.414. The van der Waals surface area contributed by atoms with Crippen molar-refractivity contribution in [3.05, 3.63) is 70.4 Å². The summed E-state index contributed by atoms with van der Waals surface area (Å²) in [6.45, 7) is 3.90. The van der Waals surface area contributed by atoms with Crippen LogP contribution in [0, 0.1) is 6.92 Å². The van der Waals surface area contributed by atoms with Crippen molar-refractivity contribution in [2.24, 2.45) is 0 Å². The highest BCUT2D eigenvalue weighted by Crippen LogP contribution is 2.26. The fourth-order valence-corrected chi connectivity index (χ4v) is 4.25. The van der Waals surface area contributed by atoms with Gasteiger partial charge < -0.3 is 4.74 Å². The maximum atomic E-state index is 13.3. The lowest BCUT2D eigenvalue weighted by atomic mass is 10.1. The average Bonchev–Trinajstić information content (AvgIpc) is 3.39.